The van der Waals surface area contributed by atoms with Crippen molar-refractivity contribution >= 4 is 21.6 Å². The van der Waals surface area contributed by atoms with Crippen LogP contribution in [0.15, 0.2) is 29.2 Å². The Kier molecular flexibility index (Phi) is 4.20. The fraction of sp³-hybridized carbons (Fsp3) is 0.533. The molecular weight excluding hydrogens is 302 g/mol. The lowest BCUT2D eigenvalue weighted by Crippen LogP contribution is -2.42. The highest BCUT2D eigenvalue weighted by molar-refractivity contribution is 7.89. The van der Waals surface area contributed by atoms with Crippen molar-refractivity contribution in [2.24, 2.45) is 0 Å². The van der Waals surface area contributed by atoms with Crippen LogP contribution < -0.4 is 10.6 Å². The van der Waals surface area contributed by atoms with Gasteiger partial charge in [0.2, 0.25) is 15.9 Å². The molecule has 120 valence electrons. The summed E-state index contributed by atoms with van der Waals surface area (Å²) < 4.78 is 27.6. The van der Waals surface area contributed by atoms with Crippen LogP contribution in [0.5, 0.6) is 0 Å². The molecule has 2 atom stereocenters. The van der Waals surface area contributed by atoms with E-state index in [9.17, 15) is 13.2 Å². The first-order valence-electron chi connectivity index (χ1n) is 7.60. The fourth-order valence-corrected chi connectivity index (χ4v) is 5.27. The summed E-state index contributed by atoms with van der Waals surface area (Å²) in [4.78, 5) is 11.3. The van der Waals surface area contributed by atoms with Crippen molar-refractivity contribution in [3.63, 3.8) is 0 Å². The molecule has 1 aromatic carbocycles. The summed E-state index contributed by atoms with van der Waals surface area (Å²) in [7, 11) is -3.49. The van der Waals surface area contributed by atoms with E-state index in [1.807, 2.05) is 0 Å². The fourth-order valence-electron chi connectivity index (χ4n) is 3.37. The number of anilines is 1. The molecule has 6 nitrogen and oxygen atoms in total. The van der Waals surface area contributed by atoms with Crippen molar-refractivity contribution in [2.45, 2.75) is 43.2 Å². The van der Waals surface area contributed by atoms with Gasteiger partial charge in [-0.1, -0.05) is 0 Å². The van der Waals surface area contributed by atoms with E-state index in [1.54, 1.807) is 28.6 Å². The number of hydrogen-bond acceptors (Lipinski definition) is 4. The van der Waals surface area contributed by atoms with Gasteiger partial charge in [-0.15, -0.1) is 0 Å². The highest BCUT2D eigenvalue weighted by Gasteiger charge is 2.42. The summed E-state index contributed by atoms with van der Waals surface area (Å²) in [6.45, 7) is 3.01. The van der Waals surface area contributed by atoms with Crippen molar-refractivity contribution in [1.29, 1.82) is 0 Å². The Hall–Kier alpha value is -1.44. The predicted molar refractivity (Wildman–Crippen MR) is 84.1 cm³/mol. The standard InChI is InChI=1S/C15H21N3O3S/c1-11(19)17-12-2-6-15(7-3-12)22(20,21)18-13-4-5-14(18)10-16-9-8-13/h2-3,6-7,13-14,16H,4-5,8-10H2,1H3,(H,17,19). The van der Waals surface area contributed by atoms with Crippen LogP contribution in [-0.2, 0) is 14.8 Å². The van der Waals surface area contributed by atoms with Crippen LogP contribution in [0.25, 0.3) is 0 Å². The maximum atomic E-state index is 12.9. The number of carbonyl (C=O) groups is 1. The number of hydrogen-bond donors (Lipinski definition) is 2. The first-order valence-corrected chi connectivity index (χ1v) is 9.04. The van der Waals surface area contributed by atoms with Gasteiger partial charge < -0.3 is 10.6 Å². The Morgan fingerprint density at radius 3 is 2.55 bits per heavy atom. The molecule has 0 spiro atoms. The minimum atomic E-state index is -3.49. The zero-order chi connectivity index (χ0) is 15.7. The number of fused-ring (bicyclic) bond motifs is 2. The molecule has 7 heteroatoms. The van der Waals surface area contributed by atoms with E-state index in [1.165, 1.54) is 6.92 Å². The Labute approximate surface area is 130 Å². The maximum Gasteiger partial charge on any atom is 0.243 e. The number of sulfonamides is 1. The van der Waals surface area contributed by atoms with Gasteiger partial charge in [-0.3, -0.25) is 4.79 Å². The van der Waals surface area contributed by atoms with Gasteiger partial charge in [0.25, 0.3) is 0 Å². The minimum absolute atomic E-state index is 0.0486. The molecule has 0 aromatic heterocycles. The summed E-state index contributed by atoms with van der Waals surface area (Å²) in [5.74, 6) is -0.174. The van der Waals surface area contributed by atoms with Gasteiger partial charge in [0.15, 0.2) is 0 Å². The predicted octanol–water partition coefficient (Wildman–Crippen LogP) is 1.16. The van der Waals surface area contributed by atoms with E-state index in [2.05, 4.69) is 10.6 Å². The number of carbonyl (C=O) groups excluding carboxylic acids is 1. The van der Waals surface area contributed by atoms with Gasteiger partial charge in [0.05, 0.1) is 4.90 Å². The molecule has 2 unspecified atom stereocenters. The third kappa shape index (κ3) is 2.88. The summed E-state index contributed by atoms with van der Waals surface area (Å²) in [5, 5.41) is 5.95. The normalized spacial score (nSPS) is 25.7. The quantitative estimate of drug-likeness (QED) is 0.875. The van der Waals surface area contributed by atoms with Crippen molar-refractivity contribution in [2.75, 3.05) is 18.4 Å². The molecule has 1 amide bonds. The summed E-state index contributed by atoms with van der Waals surface area (Å²) in [6.07, 6.45) is 2.72. The largest absolute Gasteiger partial charge is 0.326 e. The molecule has 2 N–H and O–H groups in total. The van der Waals surface area contributed by atoms with Crippen LogP contribution >= 0.6 is 0 Å². The highest BCUT2D eigenvalue weighted by atomic mass is 32.2. The molecule has 2 aliphatic heterocycles. The average Bonchev–Trinajstić information content (AvgIpc) is 2.72. The van der Waals surface area contributed by atoms with Crippen LogP contribution in [0, 0.1) is 0 Å². The van der Waals surface area contributed by atoms with Gasteiger partial charge in [-0.05, 0) is 50.1 Å². The third-order valence-corrected chi connectivity index (χ3v) is 6.36. The first-order chi connectivity index (χ1) is 10.5. The zero-order valence-corrected chi connectivity index (χ0v) is 13.4. The number of amides is 1. The molecule has 2 aliphatic rings. The van der Waals surface area contributed by atoms with Crippen molar-refractivity contribution in [3.05, 3.63) is 24.3 Å². The summed E-state index contributed by atoms with van der Waals surface area (Å²) in [5.41, 5.74) is 0.604. The highest BCUT2D eigenvalue weighted by Crippen LogP contribution is 2.33. The van der Waals surface area contributed by atoms with Crippen molar-refractivity contribution in [3.8, 4) is 0 Å². The molecule has 3 rings (SSSR count). The van der Waals surface area contributed by atoms with Crippen LogP contribution in [0.2, 0.25) is 0 Å². The first kappa shape index (κ1) is 15.5. The lowest BCUT2D eigenvalue weighted by atomic mass is 10.1. The lowest BCUT2D eigenvalue weighted by molar-refractivity contribution is -0.114. The van der Waals surface area contributed by atoms with Gasteiger partial charge in [-0.2, -0.15) is 4.31 Å². The number of nitrogens with zero attached hydrogens (tertiary/aromatic N) is 1. The molecule has 2 fully saturated rings. The molecule has 2 bridgehead atoms. The molecule has 2 saturated heterocycles. The minimum Gasteiger partial charge on any atom is -0.326 e. The Balaban J connectivity index is 1.87. The van der Waals surface area contributed by atoms with Gasteiger partial charge in [-0.25, -0.2) is 8.42 Å². The number of nitrogens with one attached hydrogen (secondary N) is 2. The SMILES string of the molecule is CC(=O)Nc1ccc(S(=O)(=O)N2C3CCNCC2CC3)cc1. The van der Waals surface area contributed by atoms with E-state index in [4.69, 9.17) is 0 Å². The molecule has 2 heterocycles. The van der Waals surface area contributed by atoms with E-state index >= 15 is 0 Å². The zero-order valence-electron chi connectivity index (χ0n) is 12.6. The Bertz CT molecular complexity index is 643. The second kappa shape index (κ2) is 5.98. The molecule has 1 aromatic rings. The van der Waals surface area contributed by atoms with Crippen LogP contribution in [0.4, 0.5) is 5.69 Å². The maximum absolute atomic E-state index is 12.9. The number of benzene rings is 1. The van der Waals surface area contributed by atoms with Crippen molar-refractivity contribution < 1.29 is 13.2 Å². The smallest absolute Gasteiger partial charge is 0.243 e. The van der Waals surface area contributed by atoms with Gasteiger partial charge >= 0.3 is 0 Å². The van der Waals surface area contributed by atoms with Crippen molar-refractivity contribution in [1.82, 2.24) is 9.62 Å². The molecular formula is C15H21N3O3S. The Morgan fingerprint density at radius 1 is 1.18 bits per heavy atom. The van der Waals surface area contributed by atoms with Crippen LogP contribution in [-0.4, -0.2) is 43.8 Å². The topological polar surface area (TPSA) is 78.5 Å². The van der Waals surface area contributed by atoms with E-state index in [0.29, 0.717) is 10.6 Å². The summed E-state index contributed by atoms with van der Waals surface area (Å²) >= 11 is 0. The average molecular weight is 323 g/mol. The van der Waals surface area contributed by atoms with E-state index in [0.717, 1.165) is 32.4 Å². The van der Waals surface area contributed by atoms with E-state index < -0.39 is 10.0 Å². The second-order valence-corrected chi connectivity index (χ2v) is 7.76. The number of rotatable bonds is 3. The molecule has 0 saturated carbocycles. The van der Waals surface area contributed by atoms with Crippen LogP contribution in [0.1, 0.15) is 26.2 Å². The lowest BCUT2D eigenvalue weighted by Gasteiger charge is -2.26. The monoisotopic (exact) mass is 323 g/mol. The third-order valence-electron chi connectivity index (χ3n) is 4.34. The van der Waals surface area contributed by atoms with Crippen LogP contribution in [0.3, 0.4) is 0 Å². The van der Waals surface area contributed by atoms with Gasteiger partial charge in [0.1, 0.15) is 0 Å². The molecule has 0 radical (unpaired) electrons. The van der Waals surface area contributed by atoms with Gasteiger partial charge in [0, 0.05) is 31.2 Å². The Morgan fingerprint density at radius 2 is 1.86 bits per heavy atom. The van der Waals surface area contributed by atoms with E-state index in [-0.39, 0.29) is 18.0 Å². The molecule has 22 heavy (non-hydrogen) atoms. The second-order valence-electron chi connectivity index (χ2n) is 5.92. The molecule has 0 aliphatic carbocycles. The summed E-state index contributed by atoms with van der Waals surface area (Å²) in [6, 6.07) is 6.54.